The summed E-state index contributed by atoms with van der Waals surface area (Å²) in [4.78, 5) is 0. The molecule has 1 atom stereocenters. The molecule has 0 amide bonds. The quantitative estimate of drug-likeness (QED) is 0.691. The first kappa shape index (κ1) is 15.8. The number of halogens is 1. The van der Waals surface area contributed by atoms with Crippen LogP contribution in [0.1, 0.15) is 26.7 Å². The average Bonchev–Trinajstić information content (AvgIpc) is 1.35. The smallest absolute Gasteiger partial charge is 0.0512 e. The molecule has 0 aliphatic rings. The van der Waals surface area contributed by atoms with E-state index in [2.05, 4.69) is 6.92 Å². The molecule has 1 unspecified atom stereocenters. The van der Waals surface area contributed by atoms with Crippen molar-refractivity contribution in [1.29, 1.82) is 0 Å². The van der Waals surface area contributed by atoms with Crippen LogP contribution in [0.2, 0.25) is 0 Å². The topological polar surface area (TPSA) is 55.2 Å². The average molecular weight is 186 g/mol. The molecule has 0 radical (unpaired) electrons. The second-order valence-electron chi connectivity index (χ2n) is 1.64. The monoisotopic (exact) mass is 185 g/mol. The Morgan fingerprint density at radius 1 is 1.50 bits per heavy atom. The van der Waals surface area contributed by atoms with Crippen LogP contribution >= 0.6 is 17.0 Å². The molecular formula is C5H16BrNO. The van der Waals surface area contributed by atoms with Gasteiger partial charge in [0.05, 0.1) is 6.10 Å². The van der Waals surface area contributed by atoms with E-state index in [-0.39, 0.29) is 29.2 Å². The molecule has 0 spiro atoms. The molecule has 0 bridgehead atoms. The van der Waals surface area contributed by atoms with Gasteiger partial charge in [0.25, 0.3) is 0 Å². The van der Waals surface area contributed by atoms with Gasteiger partial charge in [0.15, 0.2) is 0 Å². The highest BCUT2D eigenvalue weighted by Gasteiger charge is 1.87. The van der Waals surface area contributed by atoms with E-state index in [0.717, 1.165) is 12.8 Å². The minimum absolute atomic E-state index is 0. The molecule has 0 fully saturated rings. The SMILES string of the molecule is Br.CCCC(C)O.N. The zero-order valence-electron chi connectivity index (χ0n) is 5.55. The van der Waals surface area contributed by atoms with E-state index >= 15 is 0 Å². The predicted octanol–water partition coefficient (Wildman–Crippen LogP) is 1.91. The minimum atomic E-state index is -0.102. The van der Waals surface area contributed by atoms with Crippen molar-refractivity contribution >= 4 is 17.0 Å². The summed E-state index contributed by atoms with van der Waals surface area (Å²) in [6, 6.07) is 0. The van der Waals surface area contributed by atoms with Gasteiger partial charge in [-0.05, 0) is 13.3 Å². The molecule has 0 saturated carbocycles. The molecule has 0 aliphatic carbocycles. The van der Waals surface area contributed by atoms with Crippen molar-refractivity contribution in [2.75, 3.05) is 0 Å². The third-order valence-corrected chi connectivity index (χ3v) is 0.706. The Labute approximate surface area is 61.6 Å². The van der Waals surface area contributed by atoms with Gasteiger partial charge in [-0.2, -0.15) is 0 Å². The maximum atomic E-state index is 8.55. The van der Waals surface area contributed by atoms with Gasteiger partial charge >= 0.3 is 0 Å². The molecule has 0 saturated heterocycles. The van der Waals surface area contributed by atoms with E-state index in [0.29, 0.717) is 0 Å². The van der Waals surface area contributed by atoms with Gasteiger partial charge in [-0.15, -0.1) is 17.0 Å². The summed E-state index contributed by atoms with van der Waals surface area (Å²) in [6.07, 6.45) is 1.91. The molecule has 0 rings (SSSR count). The van der Waals surface area contributed by atoms with Gasteiger partial charge < -0.3 is 11.3 Å². The highest BCUT2D eigenvalue weighted by molar-refractivity contribution is 8.93. The number of hydrogen-bond acceptors (Lipinski definition) is 2. The molecule has 0 aromatic carbocycles. The Hall–Kier alpha value is 0.400. The Balaban J connectivity index is -0.000000125. The fourth-order valence-electron chi connectivity index (χ4n) is 0.418. The fourth-order valence-corrected chi connectivity index (χ4v) is 0.418. The first-order valence-corrected chi connectivity index (χ1v) is 2.45. The van der Waals surface area contributed by atoms with Crippen LogP contribution in [0.15, 0.2) is 0 Å². The van der Waals surface area contributed by atoms with Crippen molar-refractivity contribution < 1.29 is 5.11 Å². The lowest BCUT2D eigenvalue weighted by Crippen LogP contribution is -1.95. The van der Waals surface area contributed by atoms with Crippen molar-refractivity contribution in [1.82, 2.24) is 6.15 Å². The molecule has 0 aromatic heterocycles. The van der Waals surface area contributed by atoms with Crippen molar-refractivity contribution in [3.05, 3.63) is 0 Å². The second-order valence-corrected chi connectivity index (χ2v) is 1.64. The van der Waals surface area contributed by atoms with Gasteiger partial charge in [0.1, 0.15) is 0 Å². The van der Waals surface area contributed by atoms with Crippen molar-refractivity contribution in [2.45, 2.75) is 32.8 Å². The zero-order chi connectivity index (χ0) is 4.99. The van der Waals surface area contributed by atoms with Crippen LogP contribution < -0.4 is 6.15 Å². The minimum Gasteiger partial charge on any atom is -0.393 e. The number of aliphatic hydroxyl groups excluding tert-OH is 1. The molecule has 0 heterocycles. The highest BCUT2D eigenvalue weighted by atomic mass is 79.9. The van der Waals surface area contributed by atoms with Crippen LogP contribution in [0, 0.1) is 0 Å². The molecule has 3 heteroatoms. The maximum absolute atomic E-state index is 8.55. The largest absolute Gasteiger partial charge is 0.393 e. The van der Waals surface area contributed by atoms with Crippen LogP contribution in [0.3, 0.4) is 0 Å². The number of hydrogen-bond donors (Lipinski definition) is 2. The zero-order valence-corrected chi connectivity index (χ0v) is 7.27. The molecule has 4 N–H and O–H groups in total. The van der Waals surface area contributed by atoms with E-state index in [1.54, 1.807) is 0 Å². The lowest BCUT2D eigenvalue weighted by Gasteiger charge is -1.95. The molecule has 2 nitrogen and oxygen atoms in total. The van der Waals surface area contributed by atoms with Gasteiger partial charge in [-0.25, -0.2) is 0 Å². The van der Waals surface area contributed by atoms with Crippen molar-refractivity contribution in [3.8, 4) is 0 Å². The highest BCUT2D eigenvalue weighted by Crippen LogP contribution is 1.91. The summed E-state index contributed by atoms with van der Waals surface area (Å²) in [5.41, 5.74) is 0. The van der Waals surface area contributed by atoms with E-state index in [1.165, 1.54) is 0 Å². The van der Waals surface area contributed by atoms with Gasteiger partial charge in [-0.3, -0.25) is 0 Å². The molecule has 0 aliphatic heterocycles. The van der Waals surface area contributed by atoms with E-state index in [4.69, 9.17) is 5.11 Å². The van der Waals surface area contributed by atoms with Gasteiger partial charge in [-0.1, -0.05) is 13.3 Å². The van der Waals surface area contributed by atoms with E-state index in [9.17, 15) is 0 Å². The molecular weight excluding hydrogens is 170 g/mol. The Morgan fingerprint density at radius 3 is 1.88 bits per heavy atom. The van der Waals surface area contributed by atoms with Crippen LogP contribution in [0.25, 0.3) is 0 Å². The lowest BCUT2D eigenvalue weighted by atomic mass is 10.2. The molecule has 54 valence electrons. The van der Waals surface area contributed by atoms with Crippen LogP contribution in [-0.4, -0.2) is 11.2 Å². The first-order valence-electron chi connectivity index (χ1n) is 2.45. The van der Waals surface area contributed by atoms with Crippen LogP contribution in [-0.2, 0) is 0 Å². The summed E-state index contributed by atoms with van der Waals surface area (Å²) in [7, 11) is 0. The van der Waals surface area contributed by atoms with Gasteiger partial charge in [0.2, 0.25) is 0 Å². The van der Waals surface area contributed by atoms with Crippen LogP contribution in [0.4, 0.5) is 0 Å². The Bertz CT molecular complexity index is 33.6. The second kappa shape index (κ2) is 10.4. The molecule has 8 heavy (non-hydrogen) atoms. The number of rotatable bonds is 2. The predicted molar refractivity (Wildman–Crippen MR) is 41.9 cm³/mol. The standard InChI is InChI=1S/C5H12O.BrH.H3N/c1-3-4-5(2)6;;/h5-6H,3-4H2,1-2H3;1H;1H3. The summed E-state index contributed by atoms with van der Waals surface area (Å²) in [5, 5.41) is 8.55. The summed E-state index contributed by atoms with van der Waals surface area (Å²) in [5.74, 6) is 0. The third-order valence-electron chi connectivity index (χ3n) is 0.706. The lowest BCUT2D eigenvalue weighted by molar-refractivity contribution is 0.183. The van der Waals surface area contributed by atoms with E-state index < -0.39 is 0 Å². The normalized spacial score (nSPS) is 10.9. The Morgan fingerprint density at radius 2 is 1.88 bits per heavy atom. The third kappa shape index (κ3) is 16.1. The Kier molecular flexibility index (Phi) is 20.5. The first-order chi connectivity index (χ1) is 2.77. The van der Waals surface area contributed by atoms with Crippen LogP contribution in [0.5, 0.6) is 0 Å². The summed E-state index contributed by atoms with van der Waals surface area (Å²) in [6.45, 7) is 3.87. The fraction of sp³-hybridized carbons (Fsp3) is 1.00. The summed E-state index contributed by atoms with van der Waals surface area (Å²) < 4.78 is 0. The van der Waals surface area contributed by atoms with Crippen molar-refractivity contribution in [2.24, 2.45) is 0 Å². The summed E-state index contributed by atoms with van der Waals surface area (Å²) >= 11 is 0. The maximum Gasteiger partial charge on any atom is 0.0512 e. The van der Waals surface area contributed by atoms with Crippen molar-refractivity contribution in [3.63, 3.8) is 0 Å². The molecule has 0 aromatic rings. The van der Waals surface area contributed by atoms with Gasteiger partial charge in [0, 0.05) is 0 Å². The van der Waals surface area contributed by atoms with E-state index in [1.807, 2.05) is 6.92 Å². The number of aliphatic hydroxyl groups is 1.